The minimum absolute atomic E-state index is 0.145. The van der Waals surface area contributed by atoms with Crippen molar-refractivity contribution < 1.29 is 0 Å². The van der Waals surface area contributed by atoms with Crippen LogP contribution in [0.5, 0.6) is 0 Å². The Labute approximate surface area is 375 Å². The fraction of sp³-hybridized carbons (Fsp3) is 0.100. The van der Waals surface area contributed by atoms with Crippen LogP contribution < -0.4 is 9.80 Å². The highest BCUT2D eigenvalue weighted by Crippen LogP contribution is 2.53. The van der Waals surface area contributed by atoms with Crippen molar-refractivity contribution in [2.75, 3.05) is 9.80 Å². The third-order valence-corrected chi connectivity index (χ3v) is 13.7. The molecule has 0 aromatic heterocycles. The Kier molecular flexibility index (Phi) is 8.91. The van der Waals surface area contributed by atoms with Crippen LogP contribution in [0.15, 0.2) is 194 Å². The number of rotatable bonds is 7. The van der Waals surface area contributed by atoms with Crippen LogP contribution in [0.4, 0.5) is 34.1 Å². The predicted molar refractivity (Wildman–Crippen MR) is 263 cm³/mol. The molecule has 0 spiro atoms. The molecule has 9 aromatic carbocycles. The Morgan fingerprint density at radius 1 is 0.344 bits per heavy atom. The van der Waals surface area contributed by atoms with Crippen molar-refractivity contribution in [1.29, 1.82) is 10.5 Å². The number of benzene rings is 9. The molecule has 0 atom stereocenters. The van der Waals surface area contributed by atoms with Crippen molar-refractivity contribution in [2.45, 2.75) is 38.5 Å². The van der Waals surface area contributed by atoms with E-state index < -0.39 is 0 Å². The van der Waals surface area contributed by atoms with Crippen LogP contribution in [0.25, 0.3) is 44.2 Å². The molecule has 0 bridgehead atoms. The zero-order chi connectivity index (χ0) is 43.7. The maximum atomic E-state index is 9.72. The lowest BCUT2D eigenvalue weighted by Gasteiger charge is -2.29. The first-order chi connectivity index (χ1) is 31.1. The second-order valence-electron chi connectivity index (χ2n) is 18.0. The van der Waals surface area contributed by atoms with E-state index in [4.69, 9.17) is 0 Å². The lowest BCUT2D eigenvalue weighted by atomic mass is 9.82. The second-order valence-corrected chi connectivity index (χ2v) is 18.0. The zero-order valence-electron chi connectivity index (χ0n) is 36.3. The quantitative estimate of drug-likeness (QED) is 0.161. The topological polar surface area (TPSA) is 54.1 Å². The Morgan fingerprint density at radius 3 is 1.28 bits per heavy atom. The molecule has 11 rings (SSSR count). The van der Waals surface area contributed by atoms with Crippen LogP contribution in [-0.2, 0) is 10.8 Å². The summed E-state index contributed by atoms with van der Waals surface area (Å²) in [6.07, 6.45) is 0. The summed E-state index contributed by atoms with van der Waals surface area (Å²) in [7, 11) is 0. The molecule has 4 nitrogen and oxygen atoms in total. The molecule has 0 fully saturated rings. The van der Waals surface area contributed by atoms with Crippen LogP contribution in [0, 0.1) is 22.7 Å². The van der Waals surface area contributed by atoms with Crippen LogP contribution in [-0.4, -0.2) is 0 Å². The standard InChI is InChI=1S/C60H44N4/c1-59(2)54-16-7-5-11-49(54)51-33-31-45(35-56(51)59)63(42-25-19-39(37-61)20-26-42)43-29-23-41(24-30-43)47-13-9-15-53-48(47)14-10-18-58(53)64(44-27-21-40(38-62)22-28-44)46-32-34-52-50-12-6-8-17-55(50)60(3,4)57(52)36-46/h5-36H,1-4H3. The van der Waals surface area contributed by atoms with E-state index in [2.05, 4.69) is 195 Å². The van der Waals surface area contributed by atoms with Crippen LogP contribution in [0.1, 0.15) is 61.1 Å². The molecule has 0 aliphatic heterocycles. The minimum Gasteiger partial charge on any atom is -0.310 e. The van der Waals surface area contributed by atoms with Gasteiger partial charge in [-0.2, -0.15) is 10.5 Å². The highest BCUT2D eigenvalue weighted by molar-refractivity contribution is 6.06. The fourth-order valence-corrected chi connectivity index (χ4v) is 10.4. The van der Waals surface area contributed by atoms with E-state index in [1.807, 2.05) is 48.5 Å². The lowest BCUT2D eigenvalue weighted by molar-refractivity contribution is 0.660. The molecule has 0 amide bonds. The minimum atomic E-state index is -0.158. The van der Waals surface area contributed by atoms with Gasteiger partial charge < -0.3 is 9.80 Å². The molecule has 4 heteroatoms. The molecule has 2 aliphatic rings. The molecule has 2 aliphatic carbocycles. The lowest BCUT2D eigenvalue weighted by Crippen LogP contribution is -2.16. The summed E-state index contributed by atoms with van der Waals surface area (Å²) in [4.78, 5) is 4.62. The molecule has 64 heavy (non-hydrogen) atoms. The van der Waals surface area contributed by atoms with Gasteiger partial charge in [-0.05, 0) is 152 Å². The monoisotopic (exact) mass is 820 g/mol. The maximum Gasteiger partial charge on any atom is 0.0991 e. The summed E-state index contributed by atoms with van der Waals surface area (Å²) in [5.74, 6) is 0. The number of fused-ring (bicyclic) bond motifs is 7. The van der Waals surface area contributed by atoms with E-state index in [1.54, 1.807) is 0 Å². The first-order valence-electron chi connectivity index (χ1n) is 21.9. The SMILES string of the molecule is CC1(C)c2ccccc2-c2ccc(N(c3ccc(C#N)cc3)c3ccc(-c4cccc5c(N(c6ccc(C#N)cc6)c6ccc7c(c6)C(C)(C)c6ccccc6-7)cccc45)cc3)cc21. The number of nitrogens with zero attached hydrogens (tertiary/aromatic N) is 4. The molecular formula is C60H44N4. The summed E-state index contributed by atoms with van der Waals surface area (Å²) < 4.78 is 0. The Hall–Kier alpha value is -8.18. The van der Waals surface area contributed by atoms with Crippen LogP contribution in [0.3, 0.4) is 0 Å². The van der Waals surface area contributed by atoms with Gasteiger partial charge in [0.1, 0.15) is 0 Å². The third-order valence-electron chi connectivity index (χ3n) is 13.7. The van der Waals surface area contributed by atoms with Gasteiger partial charge in [-0.1, -0.05) is 131 Å². The third kappa shape index (κ3) is 6.03. The van der Waals surface area contributed by atoms with Gasteiger partial charge in [0.2, 0.25) is 0 Å². The number of nitriles is 2. The van der Waals surface area contributed by atoms with Crippen LogP contribution >= 0.6 is 0 Å². The van der Waals surface area contributed by atoms with Crippen molar-refractivity contribution in [1.82, 2.24) is 0 Å². The van der Waals surface area contributed by atoms with E-state index in [9.17, 15) is 10.5 Å². The molecule has 304 valence electrons. The second kappa shape index (κ2) is 14.7. The van der Waals surface area contributed by atoms with E-state index in [0.29, 0.717) is 11.1 Å². The van der Waals surface area contributed by atoms with E-state index in [1.165, 1.54) is 44.5 Å². The van der Waals surface area contributed by atoms with Gasteiger partial charge in [0.15, 0.2) is 0 Å². The summed E-state index contributed by atoms with van der Waals surface area (Å²) >= 11 is 0. The molecule has 0 radical (unpaired) electrons. The van der Waals surface area contributed by atoms with Gasteiger partial charge in [0.05, 0.1) is 29.0 Å². The van der Waals surface area contributed by atoms with Gasteiger partial charge in [-0.25, -0.2) is 0 Å². The zero-order valence-corrected chi connectivity index (χ0v) is 36.3. The van der Waals surface area contributed by atoms with Gasteiger partial charge >= 0.3 is 0 Å². The summed E-state index contributed by atoms with van der Waals surface area (Å²) in [5.41, 5.74) is 19.8. The highest BCUT2D eigenvalue weighted by Gasteiger charge is 2.37. The van der Waals surface area contributed by atoms with Crippen molar-refractivity contribution in [3.05, 3.63) is 228 Å². The van der Waals surface area contributed by atoms with Gasteiger partial charge in [-0.15, -0.1) is 0 Å². The number of hydrogen-bond donors (Lipinski definition) is 0. The molecule has 0 N–H and O–H groups in total. The van der Waals surface area contributed by atoms with Crippen molar-refractivity contribution in [3.8, 4) is 45.5 Å². The average molecular weight is 821 g/mol. The summed E-state index contributed by atoms with van der Waals surface area (Å²) in [6, 6.07) is 73.5. The highest BCUT2D eigenvalue weighted by atomic mass is 15.1. The number of hydrogen-bond acceptors (Lipinski definition) is 4. The Morgan fingerprint density at radius 2 is 0.750 bits per heavy atom. The Balaban J connectivity index is 1.01. The summed E-state index contributed by atoms with van der Waals surface area (Å²) in [5, 5.41) is 21.6. The molecule has 9 aromatic rings. The summed E-state index contributed by atoms with van der Waals surface area (Å²) in [6.45, 7) is 9.26. The van der Waals surface area contributed by atoms with E-state index >= 15 is 0 Å². The normalized spacial score (nSPS) is 13.5. The predicted octanol–water partition coefficient (Wildman–Crippen LogP) is 15.8. The van der Waals surface area contributed by atoms with Crippen molar-refractivity contribution >= 4 is 44.9 Å². The van der Waals surface area contributed by atoms with E-state index in [-0.39, 0.29) is 10.8 Å². The molecule has 0 heterocycles. The molecular weight excluding hydrogens is 777 g/mol. The van der Waals surface area contributed by atoms with Crippen LogP contribution in [0.2, 0.25) is 0 Å². The first kappa shape index (κ1) is 38.7. The van der Waals surface area contributed by atoms with E-state index in [0.717, 1.165) is 56.0 Å². The Bertz CT molecular complexity index is 3400. The van der Waals surface area contributed by atoms with Gasteiger partial charge in [0, 0.05) is 44.7 Å². The fourth-order valence-electron chi connectivity index (χ4n) is 10.4. The molecule has 0 saturated heterocycles. The molecule has 0 unspecified atom stereocenters. The molecule has 0 saturated carbocycles. The maximum absolute atomic E-state index is 9.72. The largest absolute Gasteiger partial charge is 0.310 e. The average Bonchev–Trinajstić information content (AvgIpc) is 3.71. The first-order valence-corrected chi connectivity index (χ1v) is 21.9. The van der Waals surface area contributed by atoms with Crippen molar-refractivity contribution in [3.63, 3.8) is 0 Å². The number of anilines is 6. The van der Waals surface area contributed by atoms with Gasteiger partial charge in [0.25, 0.3) is 0 Å². The smallest absolute Gasteiger partial charge is 0.0991 e. The van der Waals surface area contributed by atoms with Gasteiger partial charge in [-0.3, -0.25) is 0 Å². The van der Waals surface area contributed by atoms with Crippen molar-refractivity contribution in [2.24, 2.45) is 0 Å².